The Bertz CT molecular complexity index is 1660. The molecule has 0 radical (unpaired) electrons. The van der Waals surface area contributed by atoms with Crippen LogP contribution in [0.1, 0.15) is 73.5 Å². The van der Waals surface area contributed by atoms with Crippen molar-refractivity contribution in [3.8, 4) is 17.2 Å². The number of alkyl halides is 3. The maximum atomic E-state index is 13.8. The summed E-state index contributed by atoms with van der Waals surface area (Å²) in [6, 6.07) is 3.45. The number of phenolic OH excluding ortho intramolecular Hbond substituents is 2. The van der Waals surface area contributed by atoms with Gasteiger partial charge in [0, 0.05) is 40.5 Å². The van der Waals surface area contributed by atoms with Crippen LogP contribution < -0.4 is 15.4 Å². The fraction of sp³-hybridized carbons (Fsp3) is 0.355. The number of rotatable bonds is 9. The average molecular weight is 679 g/mol. The van der Waals surface area contributed by atoms with Crippen molar-refractivity contribution in [1.82, 2.24) is 5.32 Å². The summed E-state index contributed by atoms with van der Waals surface area (Å²) >= 11 is 2.86. The molecule has 44 heavy (non-hydrogen) atoms. The number of fused-ring (bicyclic) bond motifs is 3. The van der Waals surface area contributed by atoms with E-state index in [0.29, 0.717) is 31.5 Å². The Kier molecular flexibility index (Phi) is 9.01. The van der Waals surface area contributed by atoms with E-state index in [0.717, 1.165) is 12.1 Å². The number of halogens is 4. The van der Waals surface area contributed by atoms with Crippen molar-refractivity contribution in [1.29, 1.82) is 0 Å². The number of aromatic hydroxyl groups is 2. The zero-order chi connectivity index (χ0) is 32.7. The van der Waals surface area contributed by atoms with Gasteiger partial charge in [0.15, 0.2) is 17.3 Å². The number of carbonyl (C=O) groups is 4. The van der Waals surface area contributed by atoms with Gasteiger partial charge in [-0.25, -0.2) is 0 Å². The number of nitrogens with one attached hydrogen (secondary N) is 2. The second-order valence-corrected chi connectivity index (χ2v) is 11.7. The molecular formula is C31H30BrF3N2O7. The van der Waals surface area contributed by atoms with E-state index in [9.17, 15) is 42.6 Å². The number of benzene rings is 2. The van der Waals surface area contributed by atoms with Gasteiger partial charge in [0.1, 0.15) is 34.0 Å². The predicted molar refractivity (Wildman–Crippen MR) is 158 cm³/mol. The largest absolute Gasteiger partial charge is 0.507 e. The molecule has 1 atom stereocenters. The van der Waals surface area contributed by atoms with Crippen molar-refractivity contribution in [2.24, 2.45) is 0 Å². The minimum Gasteiger partial charge on any atom is -0.507 e. The first-order valence-corrected chi connectivity index (χ1v) is 14.5. The van der Waals surface area contributed by atoms with Crippen LogP contribution in [0.15, 0.2) is 45.8 Å². The number of hydrogen-bond acceptors (Lipinski definition) is 8. The minimum absolute atomic E-state index is 0.00156. The Balaban J connectivity index is 1.39. The van der Waals surface area contributed by atoms with Crippen molar-refractivity contribution in [2.75, 3.05) is 11.9 Å². The van der Waals surface area contributed by atoms with Crippen molar-refractivity contribution < 1.29 is 47.3 Å². The van der Waals surface area contributed by atoms with Crippen LogP contribution in [0.4, 0.5) is 18.9 Å². The number of carbonyl (C=O) groups excluding carboxylic acids is 4. The van der Waals surface area contributed by atoms with Crippen LogP contribution in [0.25, 0.3) is 0 Å². The molecule has 2 aliphatic rings. The van der Waals surface area contributed by atoms with Crippen molar-refractivity contribution in [3.63, 3.8) is 0 Å². The highest BCUT2D eigenvalue weighted by Gasteiger charge is 2.56. The number of amides is 1. The quantitative estimate of drug-likeness (QED) is 0.107. The minimum atomic E-state index is -4.57. The Labute approximate surface area is 259 Å². The molecule has 1 aliphatic carbocycles. The SMILES string of the molecule is CC(=O)c1c(O)c(C)c(O)c2c1OC1=CC(=O)/C(=C(/C)NCCCCCC(=O)Nc3ccc(Br)c(C(F)(F)F)c3)C(=O)C12C. The molecule has 1 aliphatic heterocycles. The molecule has 0 saturated heterocycles. The van der Waals surface area contributed by atoms with Crippen LogP contribution in [0.3, 0.4) is 0 Å². The fourth-order valence-corrected chi connectivity index (χ4v) is 5.83. The summed E-state index contributed by atoms with van der Waals surface area (Å²) in [4.78, 5) is 51.4. The van der Waals surface area contributed by atoms with E-state index in [2.05, 4.69) is 26.6 Å². The van der Waals surface area contributed by atoms with Crippen molar-refractivity contribution in [3.05, 3.63) is 68.0 Å². The summed E-state index contributed by atoms with van der Waals surface area (Å²) in [7, 11) is 0. The molecule has 1 amide bonds. The van der Waals surface area contributed by atoms with E-state index >= 15 is 0 Å². The highest BCUT2D eigenvalue weighted by Crippen LogP contribution is 2.57. The number of anilines is 1. The fourth-order valence-electron chi connectivity index (χ4n) is 5.36. The smallest absolute Gasteiger partial charge is 0.417 e. The lowest BCUT2D eigenvalue weighted by atomic mass is 9.70. The summed E-state index contributed by atoms with van der Waals surface area (Å²) in [6.45, 7) is 6.01. The van der Waals surface area contributed by atoms with Crippen molar-refractivity contribution in [2.45, 2.75) is 65.0 Å². The first-order chi connectivity index (χ1) is 20.5. The van der Waals surface area contributed by atoms with E-state index in [1.807, 2.05) is 0 Å². The van der Waals surface area contributed by atoms with Gasteiger partial charge in [-0.1, -0.05) is 22.4 Å². The highest BCUT2D eigenvalue weighted by molar-refractivity contribution is 9.10. The van der Waals surface area contributed by atoms with Gasteiger partial charge in [-0.2, -0.15) is 13.2 Å². The summed E-state index contributed by atoms with van der Waals surface area (Å²) in [5, 5.41) is 26.9. The van der Waals surface area contributed by atoms with Gasteiger partial charge in [0.05, 0.1) is 16.7 Å². The molecule has 13 heteroatoms. The maximum absolute atomic E-state index is 13.8. The third kappa shape index (κ3) is 5.84. The second kappa shape index (κ2) is 12.1. The molecule has 0 fully saturated rings. The molecule has 234 valence electrons. The van der Waals surface area contributed by atoms with Gasteiger partial charge < -0.3 is 25.6 Å². The lowest BCUT2D eigenvalue weighted by molar-refractivity contribution is -0.138. The van der Waals surface area contributed by atoms with E-state index in [1.54, 1.807) is 6.92 Å². The lowest BCUT2D eigenvalue weighted by Gasteiger charge is -2.29. The molecule has 0 bridgehead atoms. The summed E-state index contributed by atoms with van der Waals surface area (Å²) in [5.41, 5.74) is -2.51. The van der Waals surface area contributed by atoms with Gasteiger partial charge in [0.2, 0.25) is 5.91 Å². The second-order valence-electron chi connectivity index (χ2n) is 10.9. The maximum Gasteiger partial charge on any atom is 0.417 e. The average Bonchev–Trinajstić information content (AvgIpc) is 3.22. The van der Waals surface area contributed by atoms with Crippen LogP contribution in [0.5, 0.6) is 17.2 Å². The van der Waals surface area contributed by atoms with Crippen molar-refractivity contribution >= 4 is 44.9 Å². The lowest BCUT2D eigenvalue weighted by Crippen LogP contribution is -2.41. The number of Topliss-reactive ketones (excluding diaryl/α,β-unsaturated/α-hetero) is 2. The first kappa shape index (κ1) is 32.8. The molecule has 2 aromatic carbocycles. The molecule has 2 aromatic rings. The molecule has 0 aromatic heterocycles. The van der Waals surface area contributed by atoms with Gasteiger partial charge in [-0.3, -0.25) is 19.2 Å². The number of phenols is 2. The van der Waals surface area contributed by atoms with Gasteiger partial charge >= 0.3 is 6.18 Å². The molecular weight excluding hydrogens is 649 g/mol. The Hall–Kier alpha value is -4.13. The Morgan fingerprint density at radius 3 is 2.39 bits per heavy atom. The third-order valence-corrected chi connectivity index (χ3v) is 8.48. The number of ketones is 3. The van der Waals surface area contributed by atoms with E-state index in [-0.39, 0.29) is 50.4 Å². The zero-order valence-electron chi connectivity index (χ0n) is 24.3. The highest BCUT2D eigenvalue weighted by atomic mass is 79.9. The van der Waals surface area contributed by atoms with E-state index in [4.69, 9.17) is 4.74 Å². The molecule has 0 saturated carbocycles. The van der Waals surface area contributed by atoms with Crippen LogP contribution in [-0.4, -0.2) is 40.0 Å². The molecule has 9 nitrogen and oxygen atoms in total. The number of hydrogen-bond donors (Lipinski definition) is 4. The third-order valence-electron chi connectivity index (χ3n) is 7.79. The van der Waals surface area contributed by atoms with Crippen LogP contribution in [0, 0.1) is 6.92 Å². The standard InChI is InChI=1S/C31H30BrF3N2O7/c1-14-26(41)24(16(3)38)28-25(27(14)42)30(4)21(44-28)13-20(39)23(29(30)43)15(2)36-11-7-5-6-8-22(40)37-17-9-10-19(32)18(12-17)31(33,34)35/h9-10,12-13,36,41-42H,5-8,11H2,1-4H3,(H,37,40)/b23-15+. The molecule has 0 spiro atoms. The number of allylic oxidation sites excluding steroid dienone is 4. The van der Waals surface area contributed by atoms with Gasteiger partial charge in [0.25, 0.3) is 0 Å². The molecule has 4 N–H and O–H groups in total. The van der Waals surface area contributed by atoms with E-state index in [1.165, 1.54) is 32.9 Å². The Morgan fingerprint density at radius 2 is 1.75 bits per heavy atom. The van der Waals surface area contributed by atoms with Gasteiger partial charge in [-0.05, 0) is 58.7 Å². The van der Waals surface area contributed by atoms with Gasteiger partial charge in [-0.15, -0.1) is 0 Å². The van der Waals surface area contributed by atoms with Crippen LogP contribution in [0.2, 0.25) is 0 Å². The zero-order valence-corrected chi connectivity index (χ0v) is 25.9. The first-order valence-electron chi connectivity index (χ1n) is 13.7. The topological polar surface area (TPSA) is 142 Å². The van der Waals surface area contributed by atoms with Crippen LogP contribution in [-0.2, 0) is 26.0 Å². The number of ether oxygens (including phenoxy) is 1. The van der Waals surface area contributed by atoms with Crippen LogP contribution >= 0.6 is 15.9 Å². The Morgan fingerprint density at radius 1 is 1.07 bits per heavy atom. The summed E-state index contributed by atoms with van der Waals surface area (Å²) in [6.07, 6.45) is -1.76. The molecule has 1 heterocycles. The van der Waals surface area contributed by atoms with E-state index < -0.39 is 51.9 Å². The normalized spacial score (nSPS) is 18.7. The summed E-state index contributed by atoms with van der Waals surface area (Å²) < 4.78 is 44.9. The summed E-state index contributed by atoms with van der Waals surface area (Å²) in [5.74, 6) is -3.34. The molecule has 4 rings (SSSR count). The molecule has 1 unspecified atom stereocenters. The predicted octanol–water partition coefficient (Wildman–Crippen LogP) is 6.14. The number of unbranched alkanes of at least 4 members (excludes halogenated alkanes) is 2. The monoisotopic (exact) mass is 678 g/mol.